The van der Waals surface area contributed by atoms with E-state index in [1.54, 1.807) is 44.2 Å². The number of halogens is 3. The molecule has 1 atom stereocenters. The topological polar surface area (TPSA) is 26.0 Å². The highest BCUT2D eigenvalue weighted by molar-refractivity contribution is 6.35. The van der Waals surface area contributed by atoms with E-state index >= 15 is 0 Å². The molecule has 0 saturated heterocycles. The Kier molecular flexibility index (Phi) is 4.14. The molecule has 0 heterocycles. The van der Waals surface area contributed by atoms with E-state index in [4.69, 9.17) is 28.9 Å². The molecule has 2 rings (SSSR count). The minimum absolute atomic E-state index is 0.196. The van der Waals surface area contributed by atoms with Gasteiger partial charge in [-0.25, -0.2) is 4.39 Å². The molecule has 2 N–H and O–H groups in total. The molecule has 4 heteroatoms. The molecule has 2 aromatic rings. The van der Waals surface area contributed by atoms with Gasteiger partial charge in [-0.3, -0.25) is 0 Å². The van der Waals surface area contributed by atoms with E-state index in [-0.39, 0.29) is 5.82 Å². The van der Waals surface area contributed by atoms with Gasteiger partial charge in [0.25, 0.3) is 0 Å². The van der Waals surface area contributed by atoms with Gasteiger partial charge in [0.1, 0.15) is 5.82 Å². The average molecular weight is 298 g/mol. The molecule has 0 fully saturated rings. The zero-order chi connectivity index (χ0) is 14.2. The molecular formula is C15H14Cl2FN. The lowest BCUT2D eigenvalue weighted by molar-refractivity contribution is 0.607. The second-order valence-electron chi connectivity index (χ2n) is 4.61. The Morgan fingerprint density at radius 2 is 1.63 bits per heavy atom. The van der Waals surface area contributed by atoms with E-state index in [1.807, 2.05) is 0 Å². The van der Waals surface area contributed by atoms with Gasteiger partial charge >= 0.3 is 0 Å². The predicted octanol–water partition coefficient (Wildman–Crippen LogP) is 4.80. The van der Waals surface area contributed by atoms with Crippen molar-refractivity contribution in [2.75, 3.05) is 0 Å². The molecule has 0 aliphatic carbocycles. The molecule has 0 spiro atoms. The SMILES string of the molecule is Cc1cc(C(N)c2ccc(Cl)cc2Cl)cc(C)c1F. The summed E-state index contributed by atoms with van der Waals surface area (Å²) in [7, 11) is 0. The van der Waals surface area contributed by atoms with Gasteiger partial charge in [0, 0.05) is 10.0 Å². The van der Waals surface area contributed by atoms with Crippen LogP contribution in [0.4, 0.5) is 4.39 Å². The summed E-state index contributed by atoms with van der Waals surface area (Å²) < 4.78 is 13.6. The Hall–Kier alpha value is -1.09. The van der Waals surface area contributed by atoms with E-state index in [1.165, 1.54) is 0 Å². The van der Waals surface area contributed by atoms with Crippen LogP contribution in [0.2, 0.25) is 10.0 Å². The van der Waals surface area contributed by atoms with E-state index in [9.17, 15) is 4.39 Å². The number of hydrogen-bond donors (Lipinski definition) is 1. The van der Waals surface area contributed by atoms with Crippen molar-refractivity contribution in [1.29, 1.82) is 0 Å². The Labute approximate surface area is 122 Å². The van der Waals surface area contributed by atoms with Crippen LogP contribution < -0.4 is 5.73 Å². The molecule has 0 aliphatic heterocycles. The molecule has 0 radical (unpaired) electrons. The van der Waals surface area contributed by atoms with Crippen LogP contribution in [0.3, 0.4) is 0 Å². The monoisotopic (exact) mass is 297 g/mol. The third kappa shape index (κ3) is 2.92. The maximum Gasteiger partial charge on any atom is 0.129 e. The molecule has 19 heavy (non-hydrogen) atoms. The molecular weight excluding hydrogens is 284 g/mol. The lowest BCUT2D eigenvalue weighted by Gasteiger charge is -2.16. The lowest BCUT2D eigenvalue weighted by atomic mass is 9.96. The van der Waals surface area contributed by atoms with Crippen molar-refractivity contribution in [2.45, 2.75) is 19.9 Å². The Balaban J connectivity index is 2.47. The van der Waals surface area contributed by atoms with Gasteiger partial charge in [0.2, 0.25) is 0 Å². The largest absolute Gasteiger partial charge is 0.320 e. The normalized spacial score (nSPS) is 12.5. The summed E-state index contributed by atoms with van der Waals surface area (Å²) in [6.45, 7) is 3.45. The summed E-state index contributed by atoms with van der Waals surface area (Å²) >= 11 is 12.0. The molecule has 1 unspecified atom stereocenters. The van der Waals surface area contributed by atoms with Gasteiger partial charge in [-0.2, -0.15) is 0 Å². The molecule has 100 valence electrons. The van der Waals surface area contributed by atoms with E-state index in [0.29, 0.717) is 21.2 Å². The van der Waals surface area contributed by atoms with Crippen molar-refractivity contribution in [1.82, 2.24) is 0 Å². The van der Waals surface area contributed by atoms with E-state index in [0.717, 1.165) is 11.1 Å². The zero-order valence-corrected chi connectivity index (χ0v) is 12.2. The molecule has 2 aromatic carbocycles. The van der Waals surface area contributed by atoms with Crippen molar-refractivity contribution in [2.24, 2.45) is 5.73 Å². The standard InChI is InChI=1S/C15H14Cl2FN/c1-8-5-10(6-9(2)14(8)18)15(19)12-4-3-11(16)7-13(12)17/h3-7,15H,19H2,1-2H3. The quantitative estimate of drug-likeness (QED) is 0.847. The first-order chi connectivity index (χ1) is 8.90. The highest BCUT2D eigenvalue weighted by Crippen LogP contribution is 2.30. The van der Waals surface area contributed by atoms with Crippen molar-refractivity contribution in [3.05, 3.63) is 68.4 Å². The number of hydrogen-bond acceptors (Lipinski definition) is 1. The number of nitrogens with two attached hydrogens (primary N) is 1. The van der Waals surface area contributed by atoms with Gasteiger partial charge in [-0.05, 0) is 48.2 Å². The first kappa shape index (κ1) is 14.3. The Bertz CT molecular complexity index is 603. The van der Waals surface area contributed by atoms with Crippen LogP contribution in [0.15, 0.2) is 30.3 Å². The summed E-state index contributed by atoms with van der Waals surface area (Å²) in [5, 5.41) is 1.08. The van der Waals surface area contributed by atoms with Crippen LogP contribution in [0.25, 0.3) is 0 Å². The van der Waals surface area contributed by atoms with Gasteiger partial charge in [0.05, 0.1) is 6.04 Å². The summed E-state index contributed by atoms with van der Waals surface area (Å²) in [5.74, 6) is -0.196. The molecule has 0 bridgehead atoms. The summed E-state index contributed by atoms with van der Waals surface area (Å²) in [5.41, 5.74) is 8.97. The number of rotatable bonds is 2. The van der Waals surface area contributed by atoms with Gasteiger partial charge in [0.15, 0.2) is 0 Å². The smallest absolute Gasteiger partial charge is 0.129 e. The van der Waals surface area contributed by atoms with Crippen LogP contribution in [0.1, 0.15) is 28.3 Å². The Morgan fingerprint density at radius 1 is 1.05 bits per heavy atom. The average Bonchev–Trinajstić information content (AvgIpc) is 2.34. The van der Waals surface area contributed by atoms with Crippen LogP contribution >= 0.6 is 23.2 Å². The van der Waals surface area contributed by atoms with Crippen molar-refractivity contribution in [3.63, 3.8) is 0 Å². The summed E-state index contributed by atoms with van der Waals surface area (Å²) in [6.07, 6.45) is 0. The number of aryl methyl sites for hydroxylation is 2. The van der Waals surface area contributed by atoms with E-state index < -0.39 is 6.04 Å². The van der Waals surface area contributed by atoms with Gasteiger partial charge in [-0.1, -0.05) is 41.4 Å². The first-order valence-electron chi connectivity index (χ1n) is 5.87. The summed E-state index contributed by atoms with van der Waals surface area (Å²) in [6, 6.07) is 8.29. The van der Waals surface area contributed by atoms with Crippen LogP contribution in [-0.4, -0.2) is 0 Å². The zero-order valence-electron chi connectivity index (χ0n) is 10.7. The first-order valence-corrected chi connectivity index (χ1v) is 6.63. The van der Waals surface area contributed by atoms with Gasteiger partial charge < -0.3 is 5.73 Å². The van der Waals surface area contributed by atoms with Crippen LogP contribution in [0, 0.1) is 19.7 Å². The van der Waals surface area contributed by atoms with E-state index in [2.05, 4.69) is 0 Å². The number of benzene rings is 2. The lowest BCUT2D eigenvalue weighted by Crippen LogP contribution is -2.13. The molecule has 0 saturated carbocycles. The van der Waals surface area contributed by atoms with Crippen LogP contribution in [0.5, 0.6) is 0 Å². The highest BCUT2D eigenvalue weighted by atomic mass is 35.5. The van der Waals surface area contributed by atoms with Gasteiger partial charge in [-0.15, -0.1) is 0 Å². The third-order valence-corrected chi connectivity index (χ3v) is 3.68. The van der Waals surface area contributed by atoms with Crippen molar-refractivity contribution >= 4 is 23.2 Å². The third-order valence-electron chi connectivity index (χ3n) is 3.12. The van der Waals surface area contributed by atoms with Crippen LogP contribution in [-0.2, 0) is 0 Å². The Morgan fingerprint density at radius 3 is 2.16 bits per heavy atom. The second kappa shape index (κ2) is 5.49. The van der Waals surface area contributed by atoms with Crippen molar-refractivity contribution < 1.29 is 4.39 Å². The molecule has 0 aromatic heterocycles. The fourth-order valence-corrected chi connectivity index (χ4v) is 2.62. The molecule has 0 amide bonds. The highest BCUT2D eigenvalue weighted by Gasteiger charge is 2.15. The predicted molar refractivity (Wildman–Crippen MR) is 78.4 cm³/mol. The fourth-order valence-electron chi connectivity index (χ4n) is 2.09. The second-order valence-corrected chi connectivity index (χ2v) is 5.46. The fraction of sp³-hybridized carbons (Fsp3) is 0.200. The molecule has 1 nitrogen and oxygen atoms in total. The minimum atomic E-state index is -0.400. The maximum absolute atomic E-state index is 13.6. The minimum Gasteiger partial charge on any atom is -0.320 e. The van der Waals surface area contributed by atoms with Crippen molar-refractivity contribution in [3.8, 4) is 0 Å². The summed E-state index contributed by atoms with van der Waals surface area (Å²) in [4.78, 5) is 0. The maximum atomic E-state index is 13.6. The molecule has 0 aliphatic rings.